The van der Waals surface area contributed by atoms with Crippen molar-refractivity contribution in [1.82, 2.24) is 0 Å². The zero-order valence-electron chi connectivity index (χ0n) is 18.9. The number of aromatic hydroxyl groups is 4. The first-order valence-corrected chi connectivity index (χ1v) is 10.6. The normalized spacial score (nSPS) is 24.1. The summed E-state index contributed by atoms with van der Waals surface area (Å²) in [5.74, 6) is -3.45. The van der Waals surface area contributed by atoms with Gasteiger partial charge in [-0.2, -0.15) is 0 Å². The Bertz CT molecular complexity index is 1340. The molecule has 0 aliphatic carbocycles. The quantitative estimate of drug-likeness (QED) is 0.224. The molecule has 194 valence electrons. The number of hydrogen-bond acceptors (Lipinski definition) is 13. The van der Waals surface area contributed by atoms with E-state index < -0.39 is 76.5 Å². The van der Waals surface area contributed by atoms with Crippen molar-refractivity contribution in [1.29, 1.82) is 0 Å². The van der Waals surface area contributed by atoms with Gasteiger partial charge in [-0.05, 0) is 12.1 Å². The van der Waals surface area contributed by atoms with Crippen LogP contribution in [0.25, 0.3) is 22.3 Å². The van der Waals surface area contributed by atoms with E-state index in [1.54, 1.807) is 0 Å². The van der Waals surface area contributed by atoms with Crippen LogP contribution in [0.3, 0.4) is 0 Å². The second kappa shape index (κ2) is 9.37. The fraction of sp³-hybridized carbons (Fsp3) is 0.348. The van der Waals surface area contributed by atoms with Gasteiger partial charge >= 0.3 is 0 Å². The van der Waals surface area contributed by atoms with E-state index in [0.717, 1.165) is 6.07 Å². The average molecular weight is 508 g/mol. The number of aliphatic hydroxyl groups is 4. The fourth-order valence-corrected chi connectivity index (χ4v) is 4.17. The minimum atomic E-state index is -1.87. The molecule has 2 unspecified atom stereocenters. The Balaban J connectivity index is 1.92. The van der Waals surface area contributed by atoms with Gasteiger partial charge in [0.2, 0.25) is 16.9 Å². The van der Waals surface area contributed by atoms with Gasteiger partial charge in [0.25, 0.3) is 0 Å². The topological polar surface area (TPSA) is 220 Å². The average Bonchev–Trinajstić information content (AvgIpc) is 2.86. The summed E-state index contributed by atoms with van der Waals surface area (Å²) in [5.41, 5.74) is -1.98. The summed E-state index contributed by atoms with van der Waals surface area (Å²) >= 11 is 0. The van der Waals surface area contributed by atoms with Crippen LogP contribution in [0.2, 0.25) is 0 Å². The minimum absolute atomic E-state index is 0.0509. The van der Waals surface area contributed by atoms with E-state index in [4.69, 9.17) is 18.6 Å². The van der Waals surface area contributed by atoms with Crippen LogP contribution in [0.5, 0.6) is 34.5 Å². The highest BCUT2D eigenvalue weighted by Crippen LogP contribution is 2.47. The van der Waals surface area contributed by atoms with Gasteiger partial charge in [-0.1, -0.05) is 0 Å². The van der Waals surface area contributed by atoms with Crippen LogP contribution in [0.4, 0.5) is 0 Å². The van der Waals surface area contributed by atoms with Crippen LogP contribution in [-0.2, 0) is 4.74 Å². The zero-order valence-corrected chi connectivity index (χ0v) is 18.9. The van der Waals surface area contributed by atoms with Crippen molar-refractivity contribution >= 4 is 11.0 Å². The molecule has 3 aromatic rings. The summed E-state index contributed by atoms with van der Waals surface area (Å²) in [5, 5.41) is 81.6. The van der Waals surface area contributed by atoms with E-state index in [-0.39, 0.29) is 28.4 Å². The largest absolute Gasteiger partial charge is 0.507 e. The van der Waals surface area contributed by atoms with Crippen molar-refractivity contribution < 1.29 is 59.5 Å². The lowest BCUT2D eigenvalue weighted by atomic mass is 9.89. The second-order valence-corrected chi connectivity index (χ2v) is 8.12. The predicted octanol–water partition coefficient (Wildman–Crippen LogP) is -0.186. The second-order valence-electron chi connectivity index (χ2n) is 8.12. The lowest BCUT2D eigenvalue weighted by Crippen LogP contribution is -2.55. The van der Waals surface area contributed by atoms with Gasteiger partial charge in [0, 0.05) is 11.6 Å². The maximum atomic E-state index is 13.1. The monoisotopic (exact) mass is 508 g/mol. The fourth-order valence-electron chi connectivity index (χ4n) is 4.17. The van der Waals surface area contributed by atoms with Gasteiger partial charge in [-0.25, -0.2) is 0 Å². The van der Waals surface area contributed by atoms with Crippen LogP contribution >= 0.6 is 0 Å². The summed E-state index contributed by atoms with van der Waals surface area (Å²) in [4.78, 5) is 13.1. The molecule has 0 saturated carbocycles. The zero-order chi connectivity index (χ0) is 26.5. The van der Waals surface area contributed by atoms with Crippen LogP contribution < -0.4 is 14.9 Å². The van der Waals surface area contributed by atoms with Gasteiger partial charge in [-0.3, -0.25) is 4.79 Å². The molecule has 2 aromatic carbocycles. The molecule has 0 bridgehead atoms. The number of methoxy groups -OCH3 is 2. The summed E-state index contributed by atoms with van der Waals surface area (Å²) in [6.07, 6.45) is -8.40. The predicted molar refractivity (Wildman–Crippen MR) is 120 cm³/mol. The first-order chi connectivity index (χ1) is 17.0. The molecule has 8 N–H and O–H groups in total. The van der Waals surface area contributed by atoms with Gasteiger partial charge in [0.15, 0.2) is 17.3 Å². The van der Waals surface area contributed by atoms with Crippen molar-refractivity contribution in [2.75, 3.05) is 20.8 Å². The molecule has 36 heavy (non-hydrogen) atoms. The summed E-state index contributed by atoms with van der Waals surface area (Å²) < 4.78 is 21.1. The number of aliphatic hydroxyl groups excluding tert-OH is 4. The SMILES string of the molecule is COc1cc(-c2oc3cc(O)c([C@@H]4OC(CO)[C@@H](O)[C@H](O)C4O)c(O)c3c(=O)c2O)cc(OC)c1O. The smallest absolute Gasteiger partial charge is 0.238 e. The lowest BCUT2D eigenvalue weighted by molar-refractivity contribution is -0.232. The van der Waals surface area contributed by atoms with E-state index >= 15 is 0 Å². The van der Waals surface area contributed by atoms with Crippen LogP contribution in [0.15, 0.2) is 27.4 Å². The molecule has 2 heterocycles. The van der Waals surface area contributed by atoms with Crippen molar-refractivity contribution in [2.24, 2.45) is 0 Å². The number of ether oxygens (including phenoxy) is 3. The van der Waals surface area contributed by atoms with Crippen LogP contribution in [0, 0.1) is 0 Å². The molecule has 0 spiro atoms. The number of benzene rings is 2. The Hall–Kier alpha value is -3.75. The van der Waals surface area contributed by atoms with Crippen LogP contribution in [-0.4, -0.2) is 86.1 Å². The van der Waals surface area contributed by atoms with Crippen molar-refractivity contribution in [2.45, 2.75) is 30.5 Å². The maximum Gasteiger partial charge on any atom is 0.238 e. The Morgan fingerprint density at radius 1 is 0.861 bits per heavy atom. The molecule has 1 aliphatic rings. The first-order valence-electron chi connectivity index (χ1n) is 10.6. The van der Waals surface area contributed by atoms with Gasteiger partial charge in [0.1, 0.15) is 53.0 Å². The molecule has 1 aromatic heterocycles. The van der Waals surface area contributed by atoms with Gasteiger partial charge in [0.05, 0.1) is 26.4 Å². The molecule has 13 nitrogen and oxygen atoms in total. The summed E-state index contributed by atoms with van der Waals surface area (Å²) in [6, 6.07) is 3.43. The summed E-state index contributed by atoms with van der Waals surface area (Å²) in [6.45, 7) is -0.762. The molecule has 1 fully saturated rings. The maximum absolute atomic E-state index is 13.1. The van der Waals surface area contributed by atoms with Crippen LogP contribution in [0.1, 0.15) is 11.7 Å². The van der Waals surface area contributed by atoms with Gasteiger partial charge in [-0.15, -0.1) is 0 Å². The third-order valence-corrected chi connectivity index (χ3v) is 6.07. The number of hydrogen-bond donors (Lipinski definition) is 8. The Labute approximate surface area is 202 Å². The van der Waals surface area contributed by atoms with E-state index in [1.165, 1.54) is 26.4 Å². The Kier molecular flexibility index (Phi) is 6.60. The highest BCUT2D eigenvalue weighted by Gasteiger charge is 2.46. The molecule has 13 heteroatoms. The number of rotatable bonds is 5. The Morgan fingerprint density at radius 3 is 2.03 bits per heavy atom. The molecule has 4 rings (SSSR count). The number of phenolic OH excluding ortho intramolecular Hbond substituents is 3. The summed E-state index contributed by atoms with van der Waals surface area (Å²) in [7, 11) is 2.54. The molecule has 5 atom stereocenters. The molecule has 0 amide bonds. The Morgan fingerprint density at radius 2 is 1.47 bits per heavy atom. The standard InChI is InChI=1S/C23H24O13/c1-33-10-3-7(4-11(34-2)15(10)26)22-20(31)18(29)14-9(35-22)5-8(25)13(17(14)28)23-21(32)19(30)16(27)12(6-24)36-23/h3-5,12,16,19,21,23-28,30-32H,6H2,1-2H3/t12?,16-,19+,21?,23+/m1/s1. The third kappa shape index (κ3) is 3.83. The van der Waals surface area contributed by atoms with Crippen molar-refractivity contribution in [3.63, 3.8) is 0 Å². The van der Waals surface area contributed by atoms with Crippen molar-refractivity contribution in [3.05, 3.63) is 34.0 Å². The van der Waals surface area contributed by atoms with E-state index in [1.807, 2.05) is 0 Å². The molecule has 0 radical (unpaired) electrons. The number of fused-ring (bicyclic) bond motifs is 1. The van der Waals surface area contributed by atoms with E-state index in [9.17, 15) is 45.6 Å². The molecule has 1 aliphatic heterocycles. The first kappa shape index (κ1) is 25.3. The molecule has 1 saturated heterocycles. The molecular weight excluding hydrogens is 484 g/mol. The minimum Gasteiger partial charge on any atom is -0.507 e. The highest BCUT2D eigenvalue weighted by molar-refractivity contribution is 5.90. The lowest BCUT2D eigenvalue weighted by Gasteiger charge is -2.40. The van der Waals surface area contributed by atoms with Gasteiger partial charge < -0.3 is 59.5 Å². The van der Waals surface area contributed by atoms with E-state index in [2.05, 4.69) is 0 Å². The highest BCUT2D eigenvalue weighted by atomic mass is 16.5. The van der Waals surface area contributed by atoms with Crippen molar-refractivity contribution in [3.8, 4) is 45.8 Å². The molecular formula is C23H24O13. The van der Waals surface area contributed by atoms with E-state index in [0.29, 0.717) is 0 Å². The number of phenols is 3. The third-order valence-electron chi connectivity index (χ3n) is 6.07.